The van der Waals surface area contributed by atoms with Crippen LogP contribution >= 0.6 is 0 Å². The van der Waals surface area contributed by atoms with Crippen molar-refractivity contribution < 1.29 is 13.9 Å². The molecule has 0 radical (unpaired) electrons. The van der Waals surface area contributed by atoms with Crippen LogP contribution < -0.4 is 10.7 Å². The number of carbonyl (C=O) groups excluding carboxylic acids is 1. The molecule has 22 heavy (non-hydrogen) atoms. The number of nitrogens with one attached hydrogen (secondary N) is 2. The molecule has 2 N–H and O–H groups in total. The van der Waals surface area contributed by atoms with E-state index < -0.39 is 5.97 Å². The average molecular weight is 299 g/mol. The molecule has 2 aromatic rings. The number of methoxy groups -OCH3 is 1. The van der Waals surface area contributed by atoms with Crippen molar-refractivity contribution in [1.29, 1.82) is 0 Å². The molecule has 0 amide bonds. The van der Waals surface area contributed by atoms with Crippen LogP contribution in [0.5, 0.6) is 0 Å². The van der Waals surface area contributed by atoms with Crippen LogP contribution in [0.15, 0.2) is 53.6 Å². The third kappa shape index (κ3) is 2.63. The van der Waals surface area contributed by atoms with Crippen LogP contribution in [-0.4, -0.2) is 18.8 Å². The van der Waals surface area contributed by atoms with Gasteiger partial charge in [-0.3, -0.25) is 5.43 Å². The minimum Gasteiger partial charge on any atom is -0.464 e. The summed E-state index contributed by atoms with van der Waals surface area (Å²) in [5, 5.41) is 7.30. The lowest BCUT2D eigenvalue weighted by Crippen LogP contribution is -2.34. The van der Waals surface area contributed by atoms with E-state index in [1.165, 1.54) is 19.2 Å². The highest BCUT2D eigenvalue weighted by Gasteiger charge is 2.26. The lowest BCUT2D eigenvalue weighted by Gasteiger charge is -2.26. The molecule has 112 valence electrons. The van der Waals surface area contributed by atoms with Crippen LogP contribution in [-0.2, 0) is 9.53 Å². The van der Waals surface area contributed by atoms with E-state index in [2.05, 4.69) is 15.8 Å². The van der Waals surface area contributed by atoms with E-state index in [1.807, 2.05) is 24.3 Å². The summed E-state index contributed by atoms with van der Waals surface area (Å²) in [4.78, 5) is 11.8. The number of nitrogens with zero attached hydrogens (tertiary/aromatic N) is 1. The summed E-state index contributed by atoms with van der Waals surface area (Å²) in [6.45, 7) is 0. The molecule has 0 fully saturated rings. The highest BCUT2D eigenvalue weighted by Crippen LogP contribution is 2.25. The predicted molar refractivity (Wildman–Crippen MR) is 80.9 cm³/mol. The zero-order valence-electron chi connectivity index (χ0n) is 11.8. The first-order valence-electron chi connectivity index (χ1n) is 6.72. The minimum atomic E-state index is -0.500. The van der Waals surface area contributed by atoms with Gasteiger partial charge in [-0.25, -0.2) is 9.18 Å². The number of hydrogen-bond acceptors (Lipinski definition) is 5. The molecule has 2 aromatic carbocycles. The average Bonchev–Trinajstić information content (AvgIpc) is 2.56. The summed E-state index contributed by atoms with van der Waals surface area (Å²) in [7, 11) is 1.32. The van der Waals surface area contributed by atoms with Crippen LogP contribution in [0.1, 0.15) is 17.3 Å². The fourth-order valence-electron chi connectivity index (χ4n) is 2.30. The predicted octanol–water partition coefficient (Wildman–Crippen LogP) is 2.42. The monoisotopic (exact) mass is 299 g/mol. The van der Waals surface area contributed by atoms with Gasteiger partial charge in [-0.05, 0) is 24.3 Å². The fourth-order valence-corrected chi connectivity index (χ4v) is 2.30. The molecule has 0 aromatic heterocycles. The SMILES string of the molecule is COC(=O)C1=NNC(Nc2ccc(F)cc2)c2ccccc21. The number of hydrazone groups is 1. The van der Waals surface area contributed by atoms with Crippen molar-refractivity contribution >= 4 is 17.4 Å². The van der Waals surface area contributed by atoms with Crippen molar-refractivity contribution in [3.05, 3.63) is 65.5 Å². The highest BCUT2D eigenvalue weighted by atomic mass is 19.1. The van der Waals surface area contributed by atoms with Crippen molar-refractivity contribution in [3.63, 3.8) is 0 Å². The number of rotatable bonds is 3. The Morgan fingerprint density at radius 1 is 1.23 bits per heavy atom. The summed E-state index contributed by atoms with van der Waals surface area (Å²) in [6.07, 6.45) is -0.324. The van der Waals surface area contributed by atoms with Gasteiger partial charge in [0.15, 0.2) is 5.71 Å². The topological polar surface area (TPSA) is 62.7 Å². The molecule has 1 aliphatic heterocycles. The molecule has 1 heterocycles. The molecule has 1 atom stereocenters. The lowest BCUT2D eigenvalue weighted by atomic mass is 9.99. The van der Waals surface area contributed by atoms with Gasteiger partial charge in [0.25, 0.3) is 0 Å². The maximum Gasteiger partial charge on any atom is 0.359 e. The zero-order valence-corrected chi connectivity index (χ0v) is 11.8. The maximum absolute atomic E-state index is 13.0. The number of hydrogen-bond donors (Lipinski definition) is 2. The van der Waals surface area contributed by atoms with Crippen LogP contribution in [0.25, 0.3) is 0 Å². The third-order valence-electron chi connectivity index (χ3n) is 3.37. The standard InChI is InChI=1S/C16H14FN3O2/c1-22-16(21)14-12-4-2-3-5-13(12)15(20-19-14)18-11-8-6-10(17)7-9-11/h2-9,15,18,20H,1H3. The second-order valence-corrected chi connectivity index (χ2v) is 4.75. The minimum absolute atomic E-state index is 0.232. The van der Waals surface area contributed by atoms with Crippen molar-refractivity contribution in [2.24, 2.45) is 5.10 Å². The zero-order chi connectivity index (χ0) is 15.5. The molecular formula is C16H14FN3O2. The van der Waals surface area contributed by atoms with Crippen molar-refractivity contribution in [2.75, 3.05) is 12.4 Å². The van der Waals surface area contributed by atoms with Crippen LogP contribution in [0.4, 0.5) is 10.1 Å². The summed E-state index contributed by atoms with van der Waals surface area (Å²) >= 11 is 0. The number of carbonyl (C=O) groups is 1. The van der Waals surface area contributed by atoms with Gasteiger partial charge < -0.3 is 10.1 Å². The van der Waals surface area contributed by atoms with Crippen molar-refractivity contribution in [2.45, 2.75) is 6.17 Å². The quantitative estimate of drug-likeness (QED) is 0.854. The molecule has 1 unspecified atom stereocenters. The smallest absolute Gasteiger partial charge is 0.359 e. The molecule has 0 spiro atoms. The van der Waals surface area contributed by atoms with Crippen molar-refractivity contribution in [3.8, 4) is 0 Å². The molecule has 0 saturated carbocycles. The van der Waals surface area contributed by atoms with Gasteiger partial charge >= 0.3 is 5.97 Å². The van der Waals surface area contributed by atoms with E-state index in [1.54, 1.807) is 12.1 Å². The molecule has 0 bridgehead atoms. The van der Waals surface area contributed by atoms with Crippen molar-refractivity contribution in [1.82, 2.24) is 5.43 Å². The van der Waals surface area contributed by atoms with E-state index >= 15 is 0 Å². The molecule has 1 aliphatic rings. The Morgan fingerprint density at radius 3 is 2.68 bits per heavy atom. The second kappa shape index (κ2) is 5.85. The molecular weight excluding hydrogens is 285 g/mol. The summed E-state index contributed by atoms with van der Waals surface area (Å²) in [5.41, 5.74) is 5.42. The second-order valence-electron chi connectivity index (χ2n) is 4.75. The Labute approximate surface area is 126 Å². The number of ether oxygens (including phenoxy) is 1. The highest BCUT2D eigenvalue weighted by molar-refractivity contribution is 6.43. The molecule has 0 aliphatic carbocycles. The number of fused-ring (bicyclic) bond motifs is 1. The van der Waals surface area contributed by atoms with E-state index in [-0.39, 0.29) is 17.7 Å². The van der Waals surface area contributed by atoms with Gasteiger partial charge in [-0.1, -0.05) is 24.3 Å². The Balaban J connectivity index is 1.91. The van der Waals surface area contributed by atoms with Gasteiger partial charge in [-0.15, -0.1) is 0 Å². The van der Waals surface area contributed by atoms with E-state index in [0.717, 1.165) is 11.3 Å². The number of halogens is 1. The number of esters is 1. The summed E-state index contributed by atoms with van der Waals surface area (Å²) < 4.78 is 17.7. The largest absolute Gasteiger partial charge is 0.464 e. The summed E-state index contributed by atoms with van der Waals surface area (Å²) in [5.74, 6) is -0.797. The Hall–Kier alpha value is -2.89. The maximum atomic E-state index is 13.0. The molecule has 0 saturated heterocycles. The first-order chi connectivity index (χ1) is 10.7. The van der Waals surface area contributed by atoms with Crippen LogP contribution in [0, 0.1) is 5.82 Å². The lowest BCUT2D eigenvalue weighted by molar-refractivity contribution is -0.132. The van der Waals surface area contributed by atoms with Gasteiger partial charge in [0.2, 0.25) is 0 Å². The molecule has 6 heteroatoms. The Bertz CT molecular complexity index is 728. The molecule has 5 nitrogen and oxygen atoms in total. The van der Waals surface area contributed by atoms with Gasteiger partial charge in [0, 0.05) is 16.8 Å². The number of anilines is 1. The van der Waals surface area contributed by atoms with E-state index in [0.29, 0.717) is 5.56 Å². The molecule has 3 rings (SSSR count). The fraction of sp³-hybridized carbons (Fsp3) is 0.125. The Kier molecular flexibility index (Phi) is 3.74. The van der Waals surface area contributed by atoms with Gasteiger partial charge in [-0.2, -0.15) is 5.10 Å². The first kappa shape index (κ1) is 14.1. The van der Waals surface area contributed by atoms with Crippen LogP contribution in [0.3, 0.4) is 0 Å². The Morgan fingerprint density at radius 2 is 1.95 bits per heavy atom. The van der Waals surface area contributed by atoms with E-state index in [9.17, 15) is 9.18 Å². The summed E-state index contributed by atoms with van der Waals surface area (Å²) in [6, 6.07) is 13.4. The van der Waals surface area contributed by atoms with E-state index in [4.69, 9.17) is 4.74 Å². The first-order valence-corrected chi connectivity index (χ1v) is 6.72. The third-order valence-corrected chi connectivity index (χ3v) is 3.37. The van der Waals surface area contributed by atoms with Gasteiger partial charge in [0.05, 0.1) is 7.11 Å². The van der Waals surface area contributed by atoms with Gasteiger partial charge in [0.1, 0.15) is 12.0 Å². The van der Waals surface area contributed by atoms with Crippen LogP contribution in [0.2, 0.25) is 0 Å². The normalized spacial score (nSPS) is 16.1. The number of benzene rings is 2.